The molecule has 2 aliphatic heterocycles. The lowest BCUT2D eigenvalue weighted by atomic mass is 10.0. The highest BCUT2D eigenvalue weighted by atomic mass is 16.7. The van der Waals surface area contributed by atoms with Gasteiger partial charge < -0.3 is 23.5 Å². The van der Waals surface area contributed by atoms with Gasteiger partial charge in [-0.15, -0.1) is 0 Å². The molecular formula is C28H32N2O5. The number of amides is 1. The summed E-state index contributed by atoms with van der Waals surface area (Å²) in [7, 11) is 0. The summed E-state index contributed by atoms with van der Waals surface area (Å²) in [6.45, 7) is 12.7. The van der Waals surface area contributed by atoms with Crippen LogP contribution in [0.3, 0.4) is 0 Å². The summed E-state index contributed by atoms with van der Waals surface area (Å²) in [6, 6.07) is 10.1. The topological polar surface area (TPSA) is 64.4 Å². The summed E-state index contributed by atoms with van der Waals surface area (Å²) in [6.07, 6.45) is 1.74. The monoisotopic (exact) mass is 476 g/mol. The van der Waals surface area contributed by atoms with Crippen LogP contribution >= 0.6 is 0 Å². The third kappa shape index (κ3) is 4.73. The molecule has 3 heterocycles. The minimum absolute atomic E-state index is 0.0351. The summed E-state index contributed by atoms with van der Waals surface area (Å²) >= 11 is 0. The van der Waals surface area contributed by atoms with Gasteiger partial charge in [0.2, 0.25) is 12.7 Å². The molecule has 1 amide bonds. The first-order valence-corrected chi connectivity index (χ1v) is 12.2. The van der Waals surface area contributed by atoms with Gasteiger partial charge >= 0.3 is 0 Å². The number of allylic oxidation sites excluding steroid dienone is 1. The average molecular weight is 477 g/mol. The molecule has 35 heavy (non-hydrogen) atoms. The normalized spacial score (nSPS) is 16.2. The van der Waals surface area contributed by atoms with Gasteiger partial charge in [0.25, 0.3) is 0 Å². The molecule has 5 rings (SSSR count). The summed E-state index contributed by atoms with van der Waals surface area (Å²) < 4.78 is 22.7. The predicted octanol–water partition coefficient (Wildman–Crippen LogP) is 4.92. The van der Waals surface area contributed by atoms with Crippen LogP contribution in [-0.2, 0) is 11.3 Å². The Balaban J connectivity index is 1.26. The largest absolute Gasteiger partial charge is 0.493 e. The van der Waals surface area contributed by atoms with E-state index in [0.717, 1.165) is 70.3 Å². The predicted molar refractivity (Wildman–Crippen MR) is 135 cm³/mol. The Labute approximate surface area is 205 Å². The Hall–Kier alpha value is -3.45. The maximum absolute atomic E-state index is 13.1. The molecule has 1 fully saturated rings. The smallest absolute Gasteiger partial charge is 0.246 e. The zero-order valence-corrected chi connectivity index (χ0v) is 20.8. The van der Waals surface area contributed by atoms with Gasteiger partial charge in [0.1, 0.15) is 17.1 Å². The van der Waals surface area contributed by atoms with Crippen LogP contribution in [0.4, 0.5) is 0 Å². The molecule has 0 saturated carbocycles. The number of benzene rings is 2. The van der Waals surface area contributed by atoms with Crippen LogP contribution in [-0.4, -0.2) is 55.3 Å². The summed E-state index contributed by atoms with van der Waals surface area (Å²) in [4.78, 5) is 17.4. The van der Waals surface area contributed by atoms with Crippen molar-refractivity contribution in [1.82, 2.24) is 9.80 Å². The van der Waals surface area contributed by atoms with Crippen LogP contribution in [0.2, 0.25) is 0 Å². The fraction of sp³-hybridized carbons (Fsp3) is 0.393. The number of ether oxygens (including phenoxy) is 3. The molecule has 0 aliphatic carbocycles. The second kappa shape index (κ2) is 9.66. The van der Waals surface area contributed by atoms with Crippen molar-refractivity contribution in [3.05, 3.63) is 58.9 Å². The van der Waals surface area contributed by atoms with Crippen molar-refractivity contribution in [3.63, 3.8) is 0 Å². The molecular weight excluding hydrogens is 444 g/mol. The van der Waals surface area contributed by atoms with Crippen molar-refractivity contribution in [2.45, 2.75) is 34.2 Å². The van der Waals surface area contributed by atoms with Gasteiger partial charge in [0.15, 0.2) is 11.5 Å². The van der Waals surface area contributed by atoms with Gasteiger partial charge in [0.05, 0.1) is 6.61 Å². The molecule has 0 N–H and O–H groups in total. The molecule has 3 aromatic rings. The molecule has 0 spiro atoms. The van der Waals surface area contributed by atoms with E-state index >= 15 is 0 Å². The van der Waals surface area contributed by atoms with Gasteiger partial charge in [-0.05, 0) is 62.6 Å². The minimum atomic E-state index is 0.0351. The number of aryl methyl sites for hydroxylation is 2. The molecule has 0 bridgehead atoms. The third-order valence-corrected chi connectivity index (χ3v) is 6.87. The number of rotatable bonds is 6. The summed E-state index contributed by atoms with van der Waals surface area (Å²) in [5, 5.41) is 1.05. The third-order valence-electron chi connectivity index (χ3n) is 6.87. The SMILES string of the molecule is CCOc1cc2oc(C)c(C)c2cc1/C(C)=C/C(=O)N1CCN(Cc2ccc3c(c2)OCO3)CC1. The number of hydrogen-bond donors (Lipinski definition) is 0. The van der Waals surface area contributed by atoms with E-state index in [1.54, 1.807) is 6.08 Å². The maximum atomic E-state index is 13.1. The number of carbonyl (C=O) groups is 1. The van der Waals surface area contributed by atoms with Crippen LogP contribution in [0.1, 0.15) is 36.3 Å². The lowest BCUT2D eigenvalue weighted by Crippen LogP contribution is -2.47. The molecule has 7 heteroatoms. The van der Waals surface area contributed by atoms with E-state index in [9.17, 15) is 4.79 Å². The van der Waals surface area contributed by atoms with Crippen molar-refractivity contribution in [3.8, 4) is 17.2 Å². The number of nitrogens with zero attached hydrogens (tertiary/aromatic N) is 2. The van der Waals surface area contributed by atoms with Crippen molar-refractivity contribution in [1.29, 1.82) is 0 Å². The Morgan fingerprint density at radius 1 is 1.06 bits per heavy atom. The van der Waals surface area contributed by atoms with Gasteiger partial charge in [-0.1, -0.05) is 6.07 Å². The second-order valence-corrected chi connectivity index (χ2v) is 9.18. The van der Waals surface area contributed by atoms with E-state index in [2.05, 4.69) is 24.0 Å². The number of furan rings is 1. The van der Waals surface area contributed by atoms with E-state index in [1.807, 2.05) is 43.9 Å². The highest BCUT2D eigenvalue weighted by Crippen LogP contribution is 2.35. The summed E-state index contributed by atoms with van der Waals surface area (Å²) in [5.74, 6) is 3.28. The Kier molecular flexibility index (Phi) is 6.43. The van der Waals surface area contributed by atoms with Gasteiger partial charge in [-0.25, -0.2) is 0 Å². The first-order valence-electron chi connectivity index (χ1n) is 12.2. The number of hydrogen-bond acceptors (Lipinski definition) is 6. The molecule has 7 nitrogen and oxygen atoms in total. The fourth-order valence-electron chi connectivity index (χ4n) is 4.73. The first-order chi connectivity index (χ1) is 16.9. The van der Waals surface area contributed by atoms with Crippen LogP contribution in [0.5, 0.6) is 17.2 Å². The van der Waals surface area contributed by atoms with Gasteiger partial charge in [0, 0.05) is 55.8 Å². The number of fused-ring (bicyclic) bond motifs is 2. The van der Waals surface area contributed by atoms with Crippen molar-refractivity contribution in [2.75, 3.05) is 39.6 Å². The molecule has 2 aliphatic rings. The van der Waals surface area contributed by atoms with Crippen molar-refractivity contribution in [2.24, 2.45) is 0 Å². The van der Waals surface area contributed by atoms with Crippen LogP contribution in [0.25, 0.3) is 16.5 Å². The van der Waals surface area contributed by atoms with E-state index in [4.69, 9.17) is 18.6 Å². The molecule has 0 radical (unpaired) electrons. The number of carbonyl (C=O) groups excluding carboxylic acids is 1. The van der Waals surface area contributed by atoms with Gasteiger partial charge in [-0.3, -0.25) is 9.69 Å². The Bertz CT molecular complexity index is 1280. The molecule has 1 saturated heterocycles. The molecule has 0 atom stereocenters. The van der Waals surface area contributed by atoms with E-state index in [1.165, 1.54) is 5.56 Å². The van der Waals surface area contributed by atoms with E-state index in [-0.39, 0.29) is 12.7 Å². The van der Waals surface area contributed by atoms with Crippen LogP contribution in [0, 0.1) is 13.8 Å². The summed E-state index contributed by atoms with van der Waals surface area (Å²) in [5.41, 5.74) is 4.93. The maximum Gasteiger partial charge on any atom is 0.246 e. The van der Waals surface area contributed by atoms with Gasteiger partial charge in [-0.2, -0.15) is 0 Å². The highest BCUT2D eigenvalue weighted by molar-refractivity contribution is 5.97. The van der Waals surface area contributed by atoms with Crippen LogP contribution in [0.15, 0.2) is 40.8 Å². The lowest BCUT2D eigenvalue weighted by molar-refractivity contribution is -0.127. The second-order valence-electron chi connectivity index (χ2n) is 9.18. The molecule has 2 aromatic carbocycles. The molecule has 0 unspecified atom stereocenters. The number of piperazine rings is 1. The standard InChI is InChI=1S/C28H32N2O5/c1-5-32-25-15-26-23(19(3)20(4)35-26)14-22(25)18(2)12-28(31)30-10-8-29(9-11-30)16-21-6-7-24-27(13-21)34-17-33-24/h6-7,12-15H,5,8-11,16-17H2,1-4H3/b18-12+. The zero-order chi connectivity index (χ0) is 24.5. The van der Waals surface area contributed by atoms with E-state index < -0.39 is 0 Å². The quantitative estimate of drug-likeness (QED) is 0.471. The molecule has 1 aromatic heterocycles. The Morgan fingerprint density at radius 2 is 1.83 bits per heavy atom. The molecule has 184 valence electrons. The average Bonchev–Trinajstić information content (AvgIpc) is 3.42. The fourth-order valence-corrected chi connectivity index (χ4v) is 4.73. The highest BCUT2D eigenvalue weighted by Gasteiger charge is 2.22. The van der Waals surface area contributed by atoms with E-state index in [0.29, 0.717) is 19.7 Å². The lowest BCUT2D eigenvalue weighted by Gasteiger charge is -2.34. The Morgan fingerprint density at radius 3 is 2.60 bits per heavy atom. The minimum Gasteiger partial charge on any atom is -0.493 e. The van der Waals surface area contributed by atoms with Crippen LogP contribution < -0.4 is 14.2 Å². The van der Waals surface area contributed by atoms with Crippen molar-refractivity contribution >= 4 is 22.4 Å². The first kappa shape index (κ1) is 23.3. The zero-order valence-electron chi connectivity index (χ0n) is 20.8. The van der Waals surface area contributed by atoms with Crippen molar-refractivity contribution < 1.29 is 23.4 Å².